The molecule has 20 heavy (non-hydrogen) atoms. The molecule has 0 aliphatic rings. The Morgan fingerprint density at radius 3 is 2.50 bits per heavy atom. The van der Waals surface area contributed by atoms with Crippen molar-refractivity contribution in [2.45, 2.75) is 6.42 Å². The van der Waals surface area contributed by atoms with E-state index in [0.717, 1.165) is 15.8 Å². The van der Waals surface area contributed by atoms with Crippen molar-refractivity contribution in [3.8, 4) is 0 Å². The van der Waals surface area contributed by atoms with E-state index in [1.807, 2.05) is 48.5 Å². The molecule has 0 radical (unpaired) electrons. The number of carbonyl (C=O) groups is 1. The van der Waals surface area contributed by atoms with E-state index in [-0.39, 0.29) is 5.91 Å². The number of hydrogen-bond donors (Lipinski definition) is 2. The summed E-state index contributed by atoms with van der Waals surface area (Å²) >= 11 is 9.37. The Morgan fingerprint density at radius 1 is 1.10 bits per heavy atom. The predicted molar refractivity (Wildman–Crippen MR) is 87.3 cm³/mol. The maximum Gasteiger partial charge on any atom is 0.226 e. The zero-order valence-electron chi connectivity index (χ0n) is 10.7. The molecule has 0 atom stereocenters. The molecule has 0 bridgehead atoms. The average molecular weight is 354 g/mol. The van der Waals surface area contributed by atoms with Crippen LogP contribution in [-0.4, -0.2) is 12.5 Å². The molecule has 2 aromatic carbocycles. The second-order valence-electron chi connectivity index (χ2n) is 4.21. The van der Waals surface area contributed by atoms with Gasteiger partial charge in [0.15, 0.2) is 0 Å². The Hall–Kier alpha value is -1.52. The Labute approximate surface area is 131 Å². The summed E-state index contributed by atoms with van der Waals surface area (Å²) in [7, 11) is 0. The SMILES string of the molecule is O=C(CCNc1ccccc1Cl)Nc1ccc(Br)cc1. The molecule has 0 unspecified atom stereocenters. The lowest BCUT2D eigenvalue weighted by Gasteiger charge is -2.08. The third kappa shape index (κ3) is 4.54. The van der Waals surface area contributed by atoms with Gasteiger partial charge < -0.3 is 10.6 Å². The van der Waals surface area contributed by atoms with Crippen LogP contribution in [0.5, 0.6) is 0 Å². The van der Waals surface area contributed by atoms with Crippen LogP contribution in [-0.2, 0) is 4.79 Å². The minimum atomic E-state index is -0.0353. The first kappa shape index (κ1) is 14.9. The molecule has 0 heterocycles. The number of amides is 1. The van der Waals surface area contributed by atoms with E-state index in [0.29, 0.717) is 18.0 Å². The number of carbonyl (C=O) groups excluding carboxylic acids is 1. The number of hydrogen-bond acceptors (Lipinski definition) is 2. The van der Waals surface area contributed by atoms with Gasteiger partial charge in [-0.1, -0.05) is 39.7 Å². The quantitative estimate of drug-likeness (QED) is 0.828. The molecular weight excluding hydrogens is 340 g/mol. The Bertz CT molecular complexity index is 587. The molecule has 1 amide bonds. The lowest BCUT2D eigenvalue weighted by Crippen LogP contribution is -2.16. The molecule has 2 aromatic rings. The largest absolute Gasteiger partial charge is 0.383 e. The molecule has 2 rings (SSSR count). The molecule has 3 nitrogen and oxygen atoms in total. The molecule has 0 aliphatic carbocycles. The van der Waals surface area contributed by atoms with Crippen molar-refractivity contribution in [2.24, 2.45) is 0 Å². The van der Waals surface area contributed by atoms with Crippen molar-refractivity contribution in [1.29, 1.82) is 0 Å². The van der Waals surface area contributed by atoms with E-state index in [9.17, 15) is 4.79 Å². The number of rotatable bonds is 5. The van der Waals surface area contributed by atoms with Crippen LogP contribution in [0.15, 0.2) is 53.0 Å². The van der Waals surface area contributed by atoms with Crippen LogP contribution in [0.2, 0.25) is 5.02 Å². The average Bonchev–Trinajstić information content (AvgIpc) is 2.43. The topological polar surface area (TPSA) is 41.1 Å². The zero-order chi connectivity index (χ0) is 14.4. The molecule has 5 heteroatoms. The van der Waals surface area contributed by atoms with E-state index >= 15 is 0 Å². The van der Waals surface area contributed by atoms with Crippen LogP contribution in [0.4, 0.5) is 11.4 Å². The van der Waals surface area contributed by atoms with Gasteiger partial charge in [-0.15, -0.1) is 0 Å². The Kier molecular flexibility index (Phi) is 5.44. The van der Waals surface area contributed by atoms with Crippen molar-refractivity contribution >= 4 is 44.8 Å². The van der Waals surface area contributed by atoms with Crippen molar-refractivity contribution in [3.05, 3.63) is 58.0 Å². The van der Waals surface area contributed by atoms with E-state index in [1.54, 1.807) is 0 Å². The first-order valence-corrected chi connectivity index (χ1v) is 7.36. The van der Waals surface area contributed by atoms with Gasteiger partial charge in [-0.3, -0.25) is 4.79 Å². The summed E-state index contributed by atoms with van der Waals surface area (Å²) in [6, 6.07) is 14.9. The summed E-state index contributed by atoms with van der Waals surface area (Å²) in [5.41, 5.74) is 1.63. The Balaban J connectivity index is 1.78. The second-order valence-corrected chi connectivity index (χ2v) is 5.53. The van der Waals surface area contributed by atoms with E-state index in [2.05, 4.69) is 26.6 Å². The smallest absolute Gasteiger partial charge is 0.226 e. The van der Waals surface area contributed by atoms with Crippen molar-refractivity contribution in [3.63, 3.8) is 0 Å². The fourth-order valence-electron chi connectivity index (χ4n) is 1.67. The summed E-state index contributed by atoms with van der Waals surface area (Å²) in [5, 5.41) is 6.63. The van der Waals surface area contributed by atoms with Gasteiger partial charge in [0, 0.05) is 23.1 Å². The molecule has 0 saturated heterocycles. The lowest BCUT2D eigenvalue weighted by atomic mass is 10.3. The normalized spacial score (nSPS) is 10.1. The maximum absolute atomic E-state index is 11.8. The van der Waals surface area contributed by atoms with E-state index < -0.39 is 0 Å². The van der Waals surface area contributed by atoms with Crippen LogP contribution in [0.1, 0.15) is 6.42 Å². The van der Waals surface area contributed by atoms with E-state index in [1.165, 1.54) is 0 Å². The first-order chi connectivity index (χ1) is 9.65. The molecule has 2 N–H and O–H groups in total. The fourth-order valence-corrected chi connectivity index (χ4v) is 2.14. The molecule has 0 aromatic heterocycles. The summed E-state index contributed by atoms with van der Waals surface area (Å²) < 4.78 is 0.982. The monoisotopic (exact) mass is 352 g/mol. The van der Waals surface area contributed by atoms with Crippen molar-refractivity contribution in [2.75, 3.05) is 17.2 Å². The maximum atomic E-state index is 11.8. The third-order valence-corrected chi connectivity index (χ3v) is 3.53. The number of anilines is 2. The highest BCUT2D eigenvalue weighted by molar-refractivity contribution is 9.10. The van der Waals surface area contributed by atoms with Gasteiger partial charge in [0.05, 0.1) is 10.7 Å². The molecule has 0 spiro atoms. The van der Waals surface area contributed by atoms with Gasteiger partial charge in [0.1, 0.15) is 0 Å². The summed E-state index contributed by atoms with van der Waals surface area (Å²) in [6.07, 6.45) is 0.376. The third-order valence-electron chi connectivity index (χ3n) is 2.67. The molecule has 0 saturated carbocycles. The standard InChI is InChI=1S/C15H14BrClN2O/c16-11-5-7-12(8-6-11)19-15(20)9-10-18-14-4-2-1-3-13(14)17/h1-8,18H,9-10H2,(H,19,20). The van der Waals surface area contributed by atoms with Crippen LogP contribution in [0.3, 0.4) is 0 Å². The summed E-state index contributed by atoms with van der Waals surface area (Å²) in [5.74, 6) is -0.0353. The van der Waals surface area contributed by atoms with Crippen LogP contribution in [0.25, 0.3) is 0 Å². The lowest BCUT2D eigenvalue weighted by molar-refractivity contribution is -0.115. The van der Waals surface area contributed by atoms with Crippen LogP contribution < -0.4 is 10.6 Å². The Morgan fingerprint density at radius 2 is 1.80 bits per heavy atom. The number of nitrogens with one attached hydrogen (secondary N) is 2. The van der Waals surface area contributed by atoms with E-state index in [4.69, 9.17) is 11.6 Å². The van der Waals surface area contributed by atoms with Crippen molar-refractivity contribution < 1.29 is 4.79 Å². The highest BCUT2D eigenvalue weighted by atomic mass is 79.9. The van der Waals surface area contributed by atoms with Crippen molar-refractivity contribution in [1.82, 2.24) is 0 Å². The van der Waals surface area contributed by atoms with Gasteiger partial charge in [-0.05, 0) is 36.4 Å². The first-order valence-electron chi connectivity index (χ1n) is 6.19. The predicted octanol–water partition coefficient (Wildman–Crippen LogP) is 4.54. The van der Waals surface area contributed by atoms with Gasteiger partial charge in [-0.25, -0.2) is 0 Å². The highest BCUT2D eigenvalue weighted by Crippen LogP contribution is 2.20. The highest BCUT2D eigenvalue weighted by Gasteiger charge is 2.03. The molecular formula is C15H14BrClN2O. The van der Waals surface area contributed by atoms with Gasteiger partial charge in [0.25, 0.3) is 0 Å². The van der Waals surface area contributed by atoms with Gasteiger partial charge in [0.2, 0.25) is 5.91 Å². The summed E-state index contributed by atoms with van der Waals surface area (Å²) in [4.78, 5) is 11.8. The zero-order valence-corrected chi connectivity index (χ0v) is 13.0. The number of halogens is 2. The fraction of sp³-hybridized carbons (Fsp3) is 0.133. The minimum absolute atomic E-state index is 0.0353. The number of para-hydroxylation sites is 1. The molecule has 0 fully saturated rings. The van der Waals surface area contributed by atoms with Gasteiger partial charge >= 0.3 is 0 Å². The van der Waals surface area contributed by atoms with Gasteiger partial charge in [-0.2, -0.15) is 0 Å². The number of benzene rings is 2. The molecule has 104 valence electrons. The van der Waals surface area contributed by atoms with Crippen LogP contribution in [0, 0.1) is 0 Å². The summed E-state index contributed by atoms with van der Waals surface area (Å²) in [6.45, 7) is 0.534. The van der Waals surface area contributed by atoms with Crippen LogP contribution >= 0.6 is 27.5 Å². The molecule has 0 aliphatic heterocycles. The second kappa shape index (κ2) is 7.31. The minimum Gasteiger partial charge on any atom is -0.383 e.